The van der Waals surface area contributed by atoms with Crippen LogP contribution in [-0.4, -0.2) is 25.8 Å². The summed E-state index contributed by atoms with van der Waals surface area (Å²) in [6.45, 7) is 4.26. The second-order valence-electron chi connectivity index (χ2n) is 11.3. The maximum atomic E-state index is 14.0. The number of nitriles is 1. The minimum absolute atomic E-state index is 0.0557. The number of nitrogens with zero attached hydrogens (tertiary/aromatic N) is 3. The zero-order chi connectivity index (χ0) is 26.8. The first kappa shape index (κ1) is 24.7. The average Bonchev–Trinajstić information content (AvgIpc) is 3.09. The second-order valence-corrected chi connectivity index (χ2v) is 12.4. The summed E-state index contributed by atoms with van der Waals surface area (Å²) in [6.07, 6.45) is 6.61. The van der Waals surface area contributed by atoms with Crippen LogP contribution in [0.3, 0.4) is 0 Å². The van der Waals surface area contributed by atoms with Gasteiger partial charge in [-0.05, 0) is 61.3 Å². The van der Waals surface area contributed by atoms with Crippen molar-refractivity contribution in [1.29, 1.82) is 5.26 Å². The predicted octanol–water partition coefficient (Wildman–Crippen LogP) is 5.74. The summed E-state index contributed by atoms with van der Waals surface area (Å²) in [6, 6.07) is 7.94. The van der Waals surface area contributed by atoms with Gasteiger partial charge >= 0.3 is 0 Å². The molecule has 6 rings (SSSR count). The third-order valence-electron chi connectivity index (χ3n) is 8.15. The number of hydrogen-bond donors (Lipinski definition) is 1. The Morgan fingerprint density at radius 3 is 2.68 bits per heavy atom. The first-order valence-electron chi connectivity index (χ1n) is 13.2. The molecule has 2 aliphatic heterocycles. The van der Waals surface area contributed by atoms with Gasteiger partial charge in [0.1, 0.15) is 22.3 Å². The van der Waals surface area contributed by atoms with E-state index in [0.29, 0.717) is 47.1 Å². The summed E-state index contributed by atoms with van der Waals surface area (Å²) in [5.74, 6) is 1.64. The zero-order valence-electron chi connectivity index (χ0n) is 22.3. The van der Waals surface area contributed by atoms with Crippen molar-refractivity contribution >= 4 is 28.0 Å². The molecule has 196 valence electrons. The fraction of sp³-hybridized carbons (Fsp3) is 0.433. The lowest BCUT2D eigenvalue weighted by atomic mass is 9.68. The molecule has 2 N–H and O–H groups in total. The number of thiophene rings is 1. The van der Waals surface area contributed by atoms with E-state index in [1.54, 1.807) is 25.6 Å². The molecule has 0 saturated carbocycles. The van der Waals surface area contributed by atoms with E-state index in [-0.39, 0.29) is 11.2 Å². The van der Waals surface area contributed by atoms with Gasteiger partial charge in [0, 0.05) is 28.1 Å². The van der Waals surface area contributed by atoms with E-state index in [9.17, 15) is 10.1 Å². The lowest BCUT2D eigenvalue weighted by molar-refractivity contribution is -0.118. The fourth-order valence-corrected chi connectivity index (χ4v) is 7.91. The molecule has 1 aromatic carbocycles. The van der Waals surface area contributed by atoms with Gasteiger partial charge in [-0.2, -0.15) is 5.26 Å². The number of rotatable bonds is 3. The van der Waals surface area contributed by atoms with E-state index >= 15 is 0 Å². The number of fused-ring (bicyclic) bond motifs is 6. The number of hydrogen-bond acceptors (Lipinski definition) is 8. The van der Waals surface area contributed by atoms with Gasteiger partial charge in [0.2, 0.25) is 0 Å². The Labute approximate surface area is 227 Å². The van der Waals surface area contributed by atoms with Crippen LogP contribution in [0.2, 0.25) is 0 Å². The Kier molecular flexibility index (Phi) is 5.88. The molecular weight excluding hydrogens is 496 g/mol. The first-order valence-corrected chi connectivity index (χ1v) is 14.0. The fourth-order valence-electron chi connectivity index (χ4n) is 6.49. The number of benzene rings is 1. The average molecular weight is 529 g/mol. The standard InChI is InChI=1S/C30H32N4O3S/c1-30(2)13-20-26(21(35)14-30)24(18-12-16(36-3)10-11-22(18)37-4)19(15-31)28-33-27(32)25-17-8-6-5-7-9-23(17)38-29(25)34(20)28/h10-12,24H,5-9,13-14H2,1-4H3,(H2,32,33). The number of nitrogens with two attached hydrogens (primary N) is 1. The monoisotopic (exact) mass is 528 g/mol. The third kappa shape index (κ3) is 3.67. The number of methoxy groups -OCH3 is 2. The van der Waals surface area contributed by atoms with Crippen molar-refractivity contribution in [2.75, 3.05) is 19.1 Å². The summed E-state index contributed by atoms with van der Waals surface area (Å²) in [4.78, 5) is 22.4. The molecule has 1 atom stereocenters. The highest BCUT2D eigenvalue weighted by molar-refractivity contribution is 7.17. The molecule has 0 saturated heterocycles. The predicted molar refractivity (Wildman–Crippen MR) is 149 cm³/mol. The van der Waals surface area contributed by atoms with E-state index in [1.807, 2.05) is 18.2 Å². The van der Waals surface area contributed by atoms with Crippen LogP contribution in [0.15, 0.2) is 45.9 Å². The van der Waals surface area contributed by atoms with Crippen molar-refractivity contribution in [3.63, 3.8) is 0 Å². The van der Waals surface area contributed by atoms with Crippen molar-refractivity contribution in [3.05, 3.63) is 62.4 Å². The molecule has 0 bridgehead atoms. The van der Waals surface area contributed by atoms with Crippen molar-refractivity contribution in [2.45, 2.75) is 64.7 Å². The number of ether oxygens (including phenoxy) is 2. The number of amidine groups is 1. The van der Waals surface area contributed by atoms with E-state index in [0.717, 1.165) is 47.5 Å². The van der Waals surface area contributed by atoms with Crippen molar-refractivity contribution in [3.8, 4) is 17.6 Å². The minimum Gasteiger partial charge on any atom is -0.497 e. The molecule has 0 spiro atoms. The van der Waals surface area contributed by atoms with Gasteiger partial charge in [-0.25, -0.2) is 4.99 Å². The highest BCUT2D eigenvalue weighted by Crippen LogP contribution is 2.56. The van der Waals surface area contributed by atoms with Crippen LogP contribution in [0.25, 0.3) is 0 Å². The molecule has 4 aliphatic rings. The molecule has 2 aliphatic carbocycles. The van der Waals surface area contributed by atoms with Crippen LogP contribution in [0.4, 0.5) is 5.00 Å². The van der Waals surface area contributed by atoms with Crippen molar-refractivity contribution in [2.24, 2.45) is 16.1 Å². The molecule has 38 heavy (non-hydrogen) atoms. The van der Waals surface area contributed by atoms with E-state index in [1.165, 1.54) is 16.9 Å². The molecular formula is C30H32N4O3S. The first-order chi connectivity index (χ1) is 18.3. The van der Waals surface area contributed by atoms with E-state index in [2.05, 4.69) is 24.8 Å². The summed E-state index contributed by atoms with van der Waals surface area (Å²) >= 11 is 1.75. The number of allylic oxidation sites excluding steroid dienone is 3. The van der Waals surface area contributed by atoms with Gasteiger partial charge in [0.25, 0.3) is 0 Å². The SMILES string of the molecule is COc1ccc(OC)c(C2C(C#N)=C3N=C(N)c4c(sc5c4CCCCC5)N3C3=C2C(=O)CC(C)(C)C3)c1. The van der Waals surface area contributed by atoms with Crippen LogP contribution in [0, 0.1) is 16.7 Å². The van der Waals surface area contributed by atoms with Crippen LogP contribution >= 0.6 is 11.3 Å². The Hall–Kier alpha value is -3.57. The lowest BCUT2D eigenvalue weighted by Gasteiger charge is -2.44. The Morgan fingerprint density at radius 1 is 1.16 bits per heavy atom. The summed E-state index contributed by atoms with van der Waals surface area (Å²) in [5, 5.41) is 11.6. The molecule has 0 radical (unpaired) electrons. The van der Waals surface area contributed by atoms with Gasteiger partial charge in [0.15, 0.2) is 11.6 Å². The smallest absolute Gasteiger partial charge is 0.162 e. The Morgan fingerprint density at radius 2 is 1.95 bits per heavy atom. The van der Waals surface area contributed by atoms with Crippen LogP contribution in [0.1, 0.15) is 73.4 Å². The van der Waals surface area contributed by atoms with Gasteiger partial charge in [-0.1, -0.05) is 20.3 Å². The number of anilines is 1. The Balaban J connectivity index is 1.66. The molecule has 1 aromatic heterocycles. The highest BCUT2D eigenvalue weighted by Gasteiger charge is 2.48. The van der Waals surface area contributed by atoms with Gasteiger partial charge in [-0.3, -0.25) is 9.69 Å². The molecule has 8 heteroatoms. The number of aryl methyl sites for hydroxylation is 1. The number of Topliss-reactive ketones (excluding diaryl/α,β-unsaturated/α-hetero) is 1. The molecule has 0 amide bonds. The molecule has 3 heterocycles. The van der Waals surface area contributed by atoms with Crippen molar-refractivity contribution < 1.29 is 14.3 Å². The zero-order valence-corrected chi connectivity index (χ0v) is 23.1. The van der Waals surface area contributed by atoms with Crippen LogP contribution in [-0.2, 0) is 17.6 Å². The number of carbonyl (C=O) groups excluding carboxylic acids is 1. The minimum atomic E-state index is -0.620. The molecule has 1 unspecified atom stereocenters. The second kappa shape index (κ2) is 9.02. The molecule has 7 nitrogen and oxygen atoms in total. The lowest BCUT2D eigenvalue weighted by Crippen LogP contribution is -2.42. The number of carbonyl (C=O) groups is 1. The normalized spacial score (nSPS) is 22.0. The maximum Gasteiger partial charge on any atom is 0.162 e. The summed E-state index contributed by atoms with van der Waals surface area (Å²) < 4.78 is 11.3. The van der Waals surface area contributed by atoms with E-state index < -0.39 is 5.92 Å². The van der Waals surface area contributed by atoms with Gasteiger partial charge in [-0.15, -0.1) is 11.3 Å². The third-order valence-corrected chi connectivity index (χ3v) is 9.43. The highest BCUT2D eigenvalue weighted by atomic mass is 32.1. The summed E-state index contributed by atoms with van der Waals surface area (Å²) in [7, 11) is 3.20. The number of aliphatic imine (C=N–C) groups is 1. The maximum absolute atomic E-state index is 14.0. The number of ketones is 1. The van der Waals surface area contributed by atoms with Crippen LogP contribution in [0.5, 0.6) is 11.5 Å². The van der Waals surface area contributed by atoms with Crippen LogP contribution < -0.4 is 20.1 Å². The molecule has 0 fully saturated rings. The topological polar surface area (TPSA) is 101 Å². The van der Waals surface area contributed by atoms with E-state index in [4.69, 9.17) is 20.2 Å². The largest absolute Gasteiger partial charge is 0.497 e. The van der Waals surface area contributed by atoms with Gasteiger partial charge < -0.3 is 15.2 Å². The quantitative estimate of drug-likeness (QED) is 0.510. The van der Waals surface area contributed by atoms with Crippen molar-refractivity contribution in [1.82, 2.24) is 0 Å². The Bertz CT molecular complexity index is 1500. The molecule has 2 aromatic rings. The summed E-state index contributed by atoms with van der Waals surface area (Å²) in [5.41, 5.74) is 11.4. The van der Waals surface area contributed by atoms with Gasteiger partial charge in [0.05, 0.1) is 37.3 Å².